The van der Waals surface area contributed by atoms with Gasteiger partial charge in [0.2, 0.25) is 10.0 Å². The van der Waals surface area contributed by atoms with Gasteiger partial charge in [-0.05, 0) is 20.8 Å². The molecule has 2 heterocycles. The molecule has 1 aliphatic heterocycles. The first-order valence-corrected chi connectivity index (χ1v) is 8.13. The molecule has 0 saturated carbocycles. The Morgan fingerprint density at radius 3 is 2.42 bits per heavy atom. The average molecular weight is 308 g/mol. The van der Waals surface area contributed by atoms with Gasteiger partial charge in [-0.3, -0.25) is 0 Å². The van der Waals surface area contributed by atoms with Gasteiger partial charge in [0.15, 0.2) is 0 Å². The second-order valence-corrected chi connectivity index (χ2v) is 7.02. The fraction of sp³-hybridized carbons (Fsp3) is 0.667. The van der Waals surface area contributed by atoms with Crippen molar-refractivity contribution in [3.8, 4) is 0 Å². The Bertz CT molecular complexity index is 544. The number of aryl methyl sites for hydroxylation is 1. The van der Waals surface area contributed by atoms with Crippen LogP contribution in [0, 0.1) is 6.92 Å². The van der Waals surface area contributed by atoms with E-state index in [1.165, 1.54) is 10.4 Å². The number of morpholine rings is 1. The van der Waals surface area contributed by atoms with E-state index in [4.69, 9.17) is 20.8 Å². The fourth-order valence-corrected chi connectivity index (χ4v) is 4.22. The van der Waals surface area contributed by atoms with E-state index in [0.717, 1.165) is 0 Å². The molecular formula is C12H18ClNO4S. The van der Waals surface area contributed by atoms with Gasteiger partial charge in [0.1, 0.15) is 16.4 Å². The molecule has 5 nitrogen and oxygen atoms in total. The third kappa shape index (κ3) is 2.97. The first kappa shape index (κ1) is 14.8. The standard InChI is InChI=1S/C12H18ClNO4S/c1-8-6-14(7-9(2)17-8)19(15,16)12-4-11(5-13)18-10(12)3/h4,8-9H,5-7H2,1-3H3. The molecule has 0 bridgehead atoms. The molecule has 2 rings (SSSR count). The summed E-state index contributed by atoms with van der Waals surface area (Å²) in [6.07, 6.45) is -0.226. The van der Waals surface area contributed by atoms with Crippen molar-refractivity contribution in [3.63, 3.8) is 0 Å². The summed E-state index contributed by atoms with van der Waals surface area (Å²) in [6, 6.07) is 1.50. The lowest BCUT2D eigenvalue weighted by Gasteiger charge is -2.34. The van der Waals surface area contributed by atoms with Crippen molar-refractivity contribution in [1.82, 2.24) is 4.31 Å². The van der Waals surface area contributed by atoms with Gasteiger partial charge in [0.25, 0.3) is 0 Å². The molecule has 0 N–H and O–H groups in total. The third-order valence-corrected chi connectivity index (χ3v) is 5.26. The van der Waals surface area contributed by atoms with Crippen molar-refractivity contribution in [2.24, 2.45) is 0 Å². The van der Waals surface area contributed by atoms with Crippen LogP contribution in [0.1, 0.15) is 25.4 Å². The summed E-state index contributed by atoms with van der Waals surface area (Å²) in [5.74, 6) is 1.00. The number of rotatable bonds is 3. The van der Waals surface area contributed by atoms with Crippen molar-refractivity contribution in [1.29, 1.82) is 0 Å². The van der Waals surface area contributed by atoms with Crippen LogP contribution in [0.2, 0.25) is 0 Å². The minimum atomic E-state index is -3.55. The molecule has 0 aliphatic carbocycles. The minimum Gasteiger partial charge on any atom is -0.464 e. The maximum absolute atomic E-state index is 12.6. The van der Waals surface area contributed by atoms with Gasteiger partial charge in [-0.2, -0.15) is 4.31 Å². The van der Waals surface area contributed by atoms with Gasteiger partial charge in [-0.1, -0.05) is 0 Å². The molecule has 0 amide bonds. The lowest BCUT2D eigenvalue weighted by molar-refractivity contribution is -0.0441. The van der Waals surface area contributed by atoms with Gasteiger partial charge in [-0.25, -0.2) is 8.42 Å². The Morgan fingerprint density at radius 2 is 1.95 bits per heavy atom. The Labute approximate surface area is 118 Å². The molecule has 0 aromatic carbocycles. The number of halogens is 1. The van der Waals surface area contributed by atoms with Crippen LogP contribution < -0.4 is 0 Å². The summed E-state index contributed by atoms with van der Waals surface area (Å²) < 4.78 is 37.5. The number of hydrogen-bond acceptors (Lipinski definition) is 4. The van der Waals surface area contributed by atoms with E-state index in [1.807, 2.05) is 13.8 Å². The van der Waals surface area contributed by atoms with E-state index in [2.05, 4.69) is 0 Å². The van der Waals surface area contributed by atoms with Crippen molar-refractivity contribution in [2.45, 2.75) is 43.8 Å². The molecular weight excluding hydrogens is 290 g/mol. The Balaban J connectivity index is 2.33. The number of sulfonamides is 1. The highest BCUT2D eigenvalue weighted by atomic mass is 35.5. The largest absolute Gasteiger partial charge is 0.464 e. The van der Waals surface area contributed by atoms with Crippen molar-refractivity contribution >= 4 is 21.6 Å². The molecule has 0 radical (unpaired) electrons. The number of alkyl halides is 1. The summed E-state index contributed by atoms with van der Waals surface area (Å²) in [7, 11) is -3.55. The fourth-order valence-electron chi connectivity index (χ4n) is 2.31. The lowest BCUT2D eigenvalue weighted by atomic mass is 10.3. The highest BCUT2D eigenvalue weighted by molar-refractivity contribution is 7.89. The smallest absolute Gasteiger partial charge is 0.246 e. The molecule has 2 atom stereocenters. The SMILES string of the molecule is Cc1oc(CCl)cc1S(=O)(=O)N1CC(C)OC(C)C1. The summed E-state index contributed by atoms with van der Waals surface area (Å²) in [4.78, 5) is 0.199. The van der Waals surface area contributed by atoms with E-state index < -0.39 is 10.0 Å². The molecule has 1 saturated heterocycles. The predicted molar refractivity (Wildman–Crippen MR) is 71.8 cm³/mol. The van der Waals surface area contributed by atoms with Crippen LogP contribution in [0.25, 0.3) is 0 Å². The maximum Gasteiger partial charge on any atom is 0.246 e. The van der Waals surface area contributed by atoms with Crippen LogP contribution in [-0.2, 0) is 20.6 Å². The van der Waals surface area contributed by atoms with Crippen molar-refractivity contribution in [2.75, 3.05) is 13.1 Å². The highest BCUT2D eigenvalue weighted by Crippen LogP contribution is 2.26. The number of furan rings is 1. The molecule has 0 spiro atoms. The van der Waals surface area contributed by atoms with E-state index in [-0.39, 0.29) is 23.0 Å². The molecule has 7 heteroatoms. The minimum absolute atomic E-state index is 0.113. The summed E-state index contributed by atoms with van der Waals surface area (Å²) in [5, 5.41) is 0. The second kappa shape index (κ2) is 5.44. The van der Waals surface area contributed by atoms with Crippen LogP contribution in [0.5, 0.6) is 0 Å². The van der Waals surface area contributed by atoms with Crippen molar-refractivity contribution < 1.29 is 17.6 Å². The summed E-state index contributed by atoms with van der Waals surface area (Å²) in [5.41, 5.74) is 0. The van der Waals surface area contributed by atoms with Gasteiger partial charge in [-0.15, -0.1) is 11.6 Å². The van der Waals surface area contributed by atoms with Crippen LogP contribution >= 0.6 is 11.6 Å². The maximum atomic E-state index is 12.6. The third-order valence-electron chi connectivity index (χ3n) is 3.06. The van der Waals surface area contributed by atoms with Crippen LogP contribution in [-0.4, -0.2) is 38.0 Å². The van der Waals surface area contributed by atoms with E-state index in [1.54, 1.807) is 6.92 Å². The molecule has 1 aliphatic rings. The zero-order chi connectivity index (χ0) is 14.2. The number of hydrogen-bond donors (Lipinski definition) is 0. The van der Waals surface area contributed by atoms with Gasteiger partial charge in [0, 0.05) is 19.2 Å². The van der Waals surface area contributed by atoms with Gasteiger partial charge < -0.3 is 9.15 Å². The highest BCUT2D eigenvalue weighted by Gasteiger charge is 2.34. The summed E-state index contributed by atoms with van der Waals surface area (Å²) >= 11 is 5.67. The van der Waals surface area contributed by atoms with Gasteiger partial charge in [0.05, 0.1) is 18.1 Å². The van der Waals surface area contributed by atoms with Crippen LogP contribution in [0.15, 0.2) is 15.4 Å². The summed E-state index contributed by atoms with van der Waals surface area (Å²) in [6.45, 7) is 6.08. The molecule has 2 unspecified atom stereocenters. The second-order valence-electron chi connectivity index (χ2n) is 4.85. The molecule has 19 heavy (non-hydrogen) atoms. The van der Waals surface area contributed by atoms with Crippen LogP contribution in [0.4, 0.5) is 0 Å². The first-order chi connectivity index (χ1) is 8.84. The predicted octanol–water partition coefficient (Wildman–Crippen LogP) is 2.12. The van der Waals surface area contributed by atoms with Gasteiger partial charge >= 0.3 is 0 Å². The number of ether oxygens (including phenoxy) is 1. The molecule has 108 valence electrons. The lowest BCUT2D eigenvalue weighted by Crippen LogP contribution is -2.48. The monoisotopic (exact) mass is 307 g/mol. The first-order valence-electron chi connectivity index (χ1n) is 6.15. The average Bonchev–Trinajstić information content (AvgIpc) is 2.70. The molecule has 1 aromatic rings. The topological polar surface area (TPSA) is 59.8 Å². The zero-order valence-electron chi connectivity index (χ0n) is 11.2. The van der Waals surface area contributed by atoms with E-state index >= 15 is 0 Å². The Kier molecular flexibility index (Phi) is 4.25. The zero-order valence-corrected chi connectivity index (χ0v) is 12.8. The number of nitrogens with zero attached hydrogens (tertiary/aromatic N) is 1. The Morgan fingerprint density at radius 1 is 1.37 bits per heavy atom. The van der Waals surface area contributed by atoms with E-state index in [0.29, 0.717) is 24.6 Å². The van der Waals surface area contributed by atoms with Crippen LogP contribution in [0.3, 0.4) is 0 Å². The quantitative estimate of drug-likeness (QED) is 0.803. The molecule has 1 fully saturated rings. The normalized spacial score (nSPS) is 25.7. The van der Waals surface area contributed by atoms with E-state index in [9.17, 15) is 8.42 Å². The molecule has 1 aromatic heterocycles. The van der Waals surface area contributed by atoms with Crippen molar-refractivity contribution in [3.05, 3.63) is 17.6 Å². The Hall–Kier alpha value is -0.560.